The maximum absolute atomic E-state index is 12.4. The van der Waals surface area contributed by atoms with Crippen molar-refractivity contribution in [1.29, 1.82) is 0 Å². The number of nitrogens with zero attached hydrogens (tertiary/aromatic N) is 2. The molecule has 0 spiro atoms. The molecule has 0 fully saturated rings. The van der Waals surface area contributed by atoms with Crippen LogP contribution in [0.1, 0.15) is 26.7 Å². The van der Waals surface area contributed by atoms with E-state index < -0.39 is 6.10 Å². The van der Waals surface area contributed by atoms with Crippen LogP contribution in [0.15, 0.2) is 28.6 Å². The van der Waals surface area contributed by atoms with Crippen molar-refractivity contribution in [3.8, 4) is 11.5 Å². The molecule has 0 aliphatic rings. The van der Waals surface area contributed by atoms with Crippen LogP contribution in [0.3, 0.4) is 0 Å². The molecule has 1 atom stereocenters. The normalized spacial score (nSPS) is 11.8. The predicted octanol–water partition coefficient (Wildman–Crippen LogP) is 3.84. The van der Waals surface area contributed by atoms with Crippen LogP contribution < -0.4 is 14.8 Å². The van der Waals surface area contributed by atoms with Crippen molar-refractivity contribution >= 4 is 34.1 Å². The van der Waals surface area contributed by atoms with Crippen molar-refractivity contribution in [3.05, 3.63) is 24.3 Å². The van der Waals surface area contributed by atoms with Gasteiger partial charge in [0.15, 0.2) is 10.4 Å². The van der Waals surface area contributed by atoms with Gasteiger partial charge in [-0.3, -0.25) is 10.1 Å². The summed E-state index contributed by atoms with van der Waals surface area (Å²) in [6.45, 7) is 4.01. The molecule has 8 heteroatoms. The van der Waals surface area contributed by atoms with Crippen molar-refractivity contribution < 1.29 is 14.3 Å². The first-order valence-corrected chi connectivity index (χ1v) is 9.54. The first kappa shape index (κ1) is 18.5. The van der Waals surface area contributed by atoms with Gasteiger partial charge >= 0.3 is 0 Å². The fraction of sp³-hybridized carbons (Fsp3) is 0.438. The van der Waals surface area contributed by atoms with Crippen LogP contribution in [0.25, 0.3) is 0 Å². The molecule has 0 radical (unpaired) electrons. The Kier molecular flexibility index (Phi) is 7.33. The third-order valence-electron chi connectivity index (χ3n) is 3.07. The van der Waals surface area contributed by atoms with Crippen LogP contribution in [0.2, 0.25) is 0 Å². The molecule has 2 aromatic rings. The van der Waals surface area contributed by atoms with Crippen LogP contribution >= 0.6 is 23.1 Å². The molecule has 0 aliphatic carbocycles. The van der Waals surface area contributed by atoms with E-state index in [0.717, 1.165) is 22.3 Å². The number of carbonyl (C=O) groups is 1. The Balaban J connectivity index is 1.93. The summed E-state index contributed by atoms with van der Waals surface area (Å²) >= 11 is 3.02. The SMILES string of the molecule is CCCSc1nnc(NC(=O)C(CC)Oc2ccc(OC)cc2)s1. The Hall–Kier alpha value is -1.80. The van der Waals surface area contributed by atoms with Gasteiger partial charge in [0.1, 0.15) is 11.5 Å². The molecule has 0 bridgehead atoms. The highest BCUT2D eigenvalue weighted by Crippen LogP contribution is 2.26. The second-order valence-electron chi connectivity index (χ2n) is 4.90. The fourth-order valence-electron chi connectivity index (χ4n) is 1.83. The number of anilines is 1. The molecule has 0 aliphatic heterocycles. The monoisotopic (exact) mass is 367 g/mol. The summed E-state index contributed by atoms with van der Waals surface area (Å²) < 4.78 is 11.7. The van der Waals surface area contributed by atoms with E-state index in [1.165, 1.54) is 11.3 Å². The molecule has 1 unspecified atom stereocenters. The largest absolute Gasteiger partial charge is 0.497 e. The average Bonchev–Trinajstić information content (AvgIpc) is 3.05. The number of aromatic nitrogens is 2. The Bertz CT molecular complexity index is 646. The molecule has 1 aromatic carbocycles. The van der Waals surface area contributed by atoms with Crippen molar-refractivity contribution in [2.45, 2.75) is 37.1 Å². The second kappa shape index (κ2) is 9.48. The van der Waals surface area contributed by atoms with Gasteiger partial charge in [-0.1, -0.05) is 36.9 Å². The third kappa shape index (κ3) is 5.38. The van der Waals surface area contributed by atoms with Crippen molar-refractivity contribution in [3.63, 3.8) is 0 Å². The number of hydrogen-bond donors (Lipinski definition) is 1. The van der Waals surface area contributed by atoms with Crippen LogP contribution in [0, 0.1) is 0 Å². The summed E-state index contributed by atoms with van der Waals surface area (Å²) in [5.41, 5.74) is 0. The van der Waals surface area contributed by atoms with E-state index in [0.29, 0.717) is 17.3 Å². The molecule has 1 amide bonds. The Morgan fingerprint density at radius 2 is 1.96 bits per heavy atom. The molecule has 0 saturated carbocycles. The Morgan fingerprint density at radius 3 is 2.58 bits per heavy atom. The van der Waals surface area contributed by atoms with Crippen molar-refractivity contribution in [1.82, 2.24) is 10.2 Å². The minimum atomic E-state index is -0.589. The number of nitrogens with one attached hydrogen (secondary N) is 1. The maximum atomic E-state index is 12.4. The third-order valence-corrected chi connectivity index (χ3v) is 5.25. The number of thioether (sulfide) groups is 1. The molecule has 1 N–H and O–H groups in total. The van der Waals surface area contributed by atoms with Gasteiger partial charge in [0.05, 0.1) is 7.11 Å². The van der Waals surface area contributed by atoms with E-state index in [9.17, 15) is 4.79 Å². The number of carbonyl (C=O) groups excluding carboxylic acids is 1. The van der Waals surface area contributed by atoms with E-state index in [2.05, 4.69) is 22.4 Å². The van der Waals surface area contributed by atoms with E-state index in [1.807, 2.05) is 6.92 Å². The maximum Gasteiger partial charge on any atom is 0.267 e. The Labute approximate surface area is 150 Å². The number of benzene rings is 1. The highest BCUT2D eigenvalue weighted by atomic mass is 32.2. The Morgan fingerprint density at radius 1 is 1.25 bits per heavy atom. The van der Waals surface area contributed by atoms with E-state index in [4.69, 9.17) is 9.47 Å². The number of hydrogen-bond acceptors (Lipinski definition) is 7. The molecule has 1 aromatic heterocycles. The molecule has 1 heterocycles. The van der Waals surface area contributed by atoms with Crippen molar-refractivity contribution in [2.75, 3.05) is 18.2 Å². The molecule has 130 valence electrons. The lowest BCUT2D eigenvalue weighted by Gasteiger charge is -2.16. The number of rotatable bonds is 9. The van der Waals surface area contributed by atoms with E-state index in [-0.39, 0.29) is 5.91 Å². The number of amides is 1. The summed E-state index contributed by atoms with van der Waals surface area (Å²) in [6.07, 6.45) is 1.03. The minimum absolute atomic E-state index is 0.225. The molecule has 24 heavy (non-hydrogen) atoms. The first-order valence-electron chi connectivity index (χ1n) is 7.74. The van der Waals surface area contributed by atoms with E-state index in [1.54, 1.807) is 43.1 Å². The quantitative estimate of drug-likeness (QED) is 0.536. The lowest BCUT2D eigenvalue weighted by molar-refractivity contribution is -0.122. The van der Waals surface area contributed by atoms with Gasteiger partial charge in [-0.2, -0.15) is 0 Å². The van der Waals surface area contributed by atoms with Gasteiger partial charge in [0.25, 0.3) is 5.91 Å². The lowest BCUT2D eigenvalue weighted by Crippen LogP contribution is -2.32. The minimum Gasteiger partial charge on any atom is -0.497 e. The average molecular weight is 367 g/mol. The van der Waals surface area contributed by atoms with Gasteiger partial charge in [-0.25, -0.2) is 0 Å². The zero-order chi connectivity index (χ0) is 17.4. The highest BCUT2D eigenvalue weighted by Gasteiger charge is 2.20. The molecular formula is C16H21N3O3S2. The zero-order valence-electron chi connectivity index (χ0n) is 13.9. The molecule has 0 saturated heterocycles. The summed E-state index contributed by atoms with van der Waals surface area (Å²) in [7, 11) is 1.60. The van der Waals surface area contributed by atoms with Crippen LogP contribution in [0.4, 0.5) is 5.13 Å². The number of ether oxygens (including phenoxy) is 2. The zero-order valence-corrected chi connectivity index (χ0v) is 15.6. The van der Waals surface area contributed by atoms with Gasteiger partial charge < -0.3 is 9.47 Å². The summed E-state index contributed by atoms with van der Waals surface area (Å²) in [6, 6.07) is 7.14. The van der Waals surface area contributed by atoms with Gasteiger partial charge in [-0.05, 0) is 37.1 Å². The van der Waals surface area contributed by atoms with Gasteiger partial charge in [-0.15, -0.1) is 10.2 Å². The van der Waals surface area contributed by atoms with E-state index >= 15 is 0 Å². The fourth-order valence-corrected chi connectivity index (χ4v) is 3.51. The number of methoxy groups -OCH3 is 1. The predicted molar refractivity (Wildman–Crippen MR) is 97.3 cm³/mol. The second-order valence-corrected chi connectivity index (χ2v) is 7.22. The summed E-state index contributed by atoms with van der Waals surface area (Å²) in [5.74, 6) is 2.12. The summed E-state index contributed by atoms with van der Waals surface area (Å²) in [5, 5.41) is 11.3. The van der Waals surface area contributed by atoms with Crippen LogP contribution in [0.5, 0.6) is 11.5 Å². The highest BCUT2D eigenvalue weighted by molar-refractivity contribution is 8.01. The molecular weight excluding hydrogens is 346 g/mol. The smallest absolute Gasteiger partial charge is 0.267 e. The van der Waals surface area contributed by atoms with Gasteiger partial charge in [0, 0.05) is 5.75 Å². The lowest BCUT2D eigenvalue weighted by atomic mass is 10.2. The molecule has 6 nitrogen and oxygen atoms in total. The standard InChI is InChI=1S/C16H21N3O3S2/c1-4-10-23-16-19-18-15(24-16)17-14(20)13(5-2)22-12-8-6-11(21-3)7-9-12/h6-9,13H,4-5,10H2,1-3H3,(H,17,18,20). The topological polar surface area (TPSA) is 73.3 Å². The van der Waals surface area contributed by atoms with Gasteiger partial charge in [0.2, 0.25) is 5.13 Å². The van der Waals surface area contributed by atoms with Crippen molar-refractivity contribution in [2.24, 2.45) is 0 Å². The van der Waals surface area contributed by atoms with Crippen LogP contribution in [-0.4, -0.2) is 35.1 Å². The van der Waals surface area contributed by atoms with Crippen LogP contribution in [-0.2, 0) is 4.79 Å². The first-order chi connectivity index (χ1) is 11.7. The molecule has 2 rings (SSSR count). The summed E-state index contributed by atoms with van der Waals surface area (Å²) in [4.78, 5) is 12.4.